The molecule has 2 aliphatic heterocycles. The molecule has 1 fully saturated rings. The van der Waals surface area contributed by atoms with E-state index in [0.29, 0.717) is 18.2 Å². The van der Waals surface area contributed by atoms with E-state index in [1.165, 1.54) is 11.4 Å². The fourth-order valence-corrected chi connectivity index (χ4v) is 3.24. The van der Waals surface area contributed by atoms with Crippen LogP contribution in [-0.2, 0) is 4.74 Å². The fourth-order valence-electron chi connectivity index (χ4n) is 3.24. The SMILES string of the molecule is Cc1c(C2CCC(C)O2)nn2c1NC(C)CC2C. The average Bonchev–Trinajstić information content (AvgIpc) is 2.85. The summed E-state index contributed by atoms with van der Waals surface area (Å²) in [7, 11) is 0. The third-order valence-electron chi connectivity index (χ3n) is 4.22. The van der Waals surface area contributed by atoms with Crippen molar-refractivity contribution in [1.29, 1.82) is 0 Å². The molecule has 4 nitrogen and oxygen atoms in total. The number of ether oxygens (including phenoxy) is 1. The Morgan fingerprint density at radius 2 is 2.06 bits per heavy atom. The summed E-state index contributed by atoms with van der Waals surface area (Å²) < 4.78 is 8.11. The summed E-state index contributed by atoms with van der Waals surface area (Å²) in [4.78, 5) is 0. The van der Waals surface area contributed by atoms with Crippen molar-refractivity contribution in [3.63, 3.8) is 0 Å². The molecule has 3 heterocycles. The number of aromatic nitrogens is 2. The standard InChI is InChI=1S/C14H23N3O/c1-8-7-9(2)17-14(15-8)11(4)13(16-17)12-6-5-10(3)18-12/h8-10,12,15H,5-7H2,1-4H3. The second-order valence-corrected chi connectivity index (χ2v) is 5.95. The van der Waals surface area contributed by atoms with Crippen LogP contribution in [0.25, 0.3) is 0 Å². The largest absolute Gasteiger partial charge is 0.369 e. The second kappa shape index (κ2) is 4.26. The van der Waals surface area contributed by atoms with E-state index in [-0.39, 0.29) is 6.10 Å². The molecule has 1 N–H and O–H groups in total. The molecule has 1 aromatic heterocycles. The third kappa shape index (κ3) is 1.83. The zero-order valence-electron chi connectivity index (χ0n) is 11.7. The highest BCUT2D eigenvalue weighted by molar-refractivity contribution is 5.50. The summed E-state index contributed by atoms with van der Waals surface area (Å²) in [6.45, 7) is 8.79. The highest BCUT2D eigenvalue weighted by atomic mass is 16.5. The minimum Gasteiger partial charge on any atom is -0.369 e. The Kier molecular flexibility index (Phi) is 2.85. The van der Waals surface area contributed by atoms with E-state index < -0.39 is 0 Å². The molecule has 0 spiro atoms. The van der Waals surface area contributed by atoms with Gasteiger partial charge in [0.15, 0.2) is 0 Å². The predicted molar refractivity (Wildman–Crippen MR) is 71.9 cm³/mol. The monoisotopic (exact) mass is 249 g/mol. The van der Waals surface area contributed by atoms with Gasteiger partial charge in [0, 0.05) is 11.6 Å². The van der Waals surface area contributed by atoms with Crippen LogP contribution in [0.1, 0.15) is 63.4 Å². The zero-order valence-corrected chi connectivity index (χ0v) is 11.7. The van der Waals surface area contributed by atoms with Crippen LogP contribution in [0.3, 0.4) is 0 Å². The Bertz CT molecular complexity index is 454. The number of hydrogen-bond acceptors (Lipinski definition) is 3. The van der Waals surface area contributed by atoms with Gasteiger partial charge in [-0.2, -0.15) is 5.10 Å². The van der Waals surface area contributed by atoms with E-state index >= 15 is 0 Å². The number of rotatable bonds is 1. The summed E-state index contributed by atoms with van der Waals surface area (Å²) in [5, 5.41) is 8.37. The van der Waals surface area contributed by atoms with Crippen molar-refractivity contribution < 1.29 is 4.74 Å². The summed E-state index contributed by atoms with van der Waals surface area (Å²) >= 11 is 0. The lowest BCUT2D eigenvalue weighted by atomic mass is 10.1. The van der Waals surface area contributed by atoms with E-state index in [9.17, 15) is 0 Å². The van der Waals surface area contributed by atoms with Gasteiger partial charge in [-0.25, -0.2) is 4.68 Å². The maximum atomic E-state index is 5.96. The van der Waals surface area contributed by atoms with Crippen LogP contribution in [0.2, 0.25) is 0 Å². The van der Waals surface area contributed by atoms with Gasteiger partial charge in [0.1, 0.15) is 11.9 Å². The molecule has 0 saturated carbocycles. The van der Waals surface area contributed by atoms with Gasteiger partial charge in [-0.1, -0.05) is 0 Å². The molecule has 2 aliphatic rings. The molecule has 0 aromatic carbocycles. The van der Waals surface area contributed by atoms with Crippen LogP contribution in [0.15, 0.2) is 0 Å². The lowest BCUT2D eigenvalue weighted by molar-refractivity contribution is 0.0522. The maximum Gasteiger partial charge on any atom is 0.128 e. The van der Waals surface area contributed by atoms with E-state index in [0.717, 1.165) is 25.0 Å². The molecular weight excluding hydrogens is 226 g/mol. The molecule has 0 radical (unpaired) electrons. The first-order chi connectivity index (χ1) is 8.56. The summed E-state index contributed by atoms with van der Waals surface area (Å²) in [5.41, 5.74) is 2.41. The number of nitrogens with zero attached hydrogens (tertiary/aromatic N) is 2. The van der Waals surface area contributed by atoms with Gasteiger partial charge in [-0.3, -0.25) is 0 Å². The minimum absolute atomic E-state index is 0.197. The Balaban J connectivity index is 1.96. The van der Waals surface area contributed by atoms with Gasteiger partial charge in [0.25, 0.3) is 0 Å². The second-order valence-electron chi connectivity index (χ2n) is 5.95. The molecule has 100 valence electrons. The number of fused-ring (bicyclic) bond motifs is 1. The fraction of sp³-hybridized carbons (Fsp3) is 0.786. The molecule has 0 aliphatic carbocycles. The van der Waals surface area contributed by atoms with E-state index in [1.54, 1.807) is 0 Å². The third-order valence-corrected chi connectivity index (χ3v) is 4.22. The molecule has 4 heteroatoms. The van der Waals surface area contributed by atoms with Gasteiger partial charge < -0.3 is 10.1 Å². The molecule has 1 aromatic rings. The van der Waals surface area contributed by atoms with E-state index in [2.05, 4.69) is 37.7 Å². The van der Waals surface area contributed by atoms with Crippen LogP contribution in [-0.4, -0.2) is 21.9 Å². The van der Waals surface area contributed by atoms with Gasteiger partial charge in [0.05, 0.1) is 17.8 Å². The highest BCUT2D eigenvalue weighted by Gasteiger charge is 2.32. The van der Waals surface area contributed by atoms with Crippen LogP contribution >= 0.6 is 0 Å². The Hall–Kier alpha value is -1.03. The summed E-state index contributed by atoms with van der Waals surface area (Å²) in [6, 6.07) is 1.00. The van der Waals surface area contributed by atoms with Crippen molar-refractivity contribution in [2.24, 2.45) is 0 Å². The van der Waals surface area contributed by atoms with Gasteiger partial charge in [-0.05, 0) is 47.0 Å². The van der Waals surface area contributed by atoms with Crippen molar-refractivity contribution in [1.82, 2.24) is 9.78 Å². The van der Waals surface area contributed by atoms with Crippen molar-refractivity contribution in [2.45, 2.75) is 71.2 Å². The van der Waals surface area contributed by atoms with Crippen molar-refractivity contribution in [3.8, 4) is 0 Å². The quantitative estimate of drug-likeness (QED) is 0.830. The topological polar surface area (TPSA) is 39.1 Å². The zero-order chi connectivity index (χ0) is 12.9. The molecule has 0 amide bonds. The molecule has 3 rings (SSSR count). The molecule has 1 saturated heterocycles. The Morgan fingerprint density at radius 3 is 2.72 bits per heavy atom. The molecule has 18 heavy (non-hydrogen) atoms. The first-order valence-electron chi connectivity index (χ1n) is 7.07. The number of anilines is 1. The first-order valence-corrected chi connectivity index (χ1v) is 7.07. The highest BCUT2D eigenvalue weighted by Crippen LogP contribution is 2.38. The van der Waals surface area contributed by atoms with E-state index in [4.69, 9.17) is 9.84 Å². The van der Waals surface area contributed by atoms with Gasteiger partial charge in [-0.15, -0.1) is 0 Å². The van der Waals surface area contributed by atoms with Crippen molar-refractivity contribution >= 4 is 5.82 Å². The number of nitrogens with one attached hydrogen (secondary N) is 1. The van der Waals surface area contributed by atoms with Crippen LogP contribution in [0.5, 0.6) is 0 Å². The number of hydrogen-bond donors (Lipinski definition) is 1. The molecule has 4 atom stereocenters. The lowest BCUT2D eigenvalue weighted by Gasteiger charge is -2.28. The lowest BCUT2D eigenvalue weighted by Crippen LogP contribution is -2.29. The smallest absolute Gasteiger partial charge is 0.128 e. The normalized spacial score (nSPS) is 35.3. The average molecular weight is 249 g/mol. The summed E-state index contributed by atoms with van der Waals surface area (Å²) in [6.07, 6.45) is 3.95. The van der Waals surface area contributed by atoms with Crippen LogP contribution in [0, 0.1) is 6.92 Å². The van der Waals surface area contributed by atoms with Crippen molar-refractivity contribution in [3.05, 3.63) is 11.3 Å². The minimum atomic E-state index is 0.197. The van der Waals surface area contributed by atoms with Crippen molar-refractivity contribution in [2.75, 3.05) is 5.32 Å². The summed E-state index contributed by atoms with van der Waals surface area (Å²) in [5.74, 6) is 1.19. The van der Waals surface area contributed by atoms with Crippen LogP contribution in [0.4, 0.5) is 5.82 Å². The predicted octanol–water partition coefficient (Wildman–Crippen LogP) is 3.20. The first kappa shape index (κ1) is 12.0. The molecule has 4 unspecified atom stereocenters. The molecule has 0 bridgehead atoms. The Labute approximate surface area is 109 Å². The Morgan fingerprint density at radius 1 is 1.28 bits per heavy atom. The molecular formula is C14H23N3O. The van der Waals surface area contributed by atoms with Gasteiger partial charge >= 0.3 is 0 Å². The van der Waals surface area contributed by atoms with E-state index in [1.807, 2.05) is 0 Å². The maximum absolute atomic E-state index is 5.96. The van der Waals surface area contributed by atoms with Crippen LogP contribution < -0.4 is 5.32 Å². The van der Waals surface area contributed by atoms with Gasteiger partial charge in [0.2, 0.25) is 0 Å².